The molecule has 4 aromatic rings. The molecule has 1 aliphatic rings. The Morgan fingerprint density at radius 3 is 2.53 bits per heavy atom. The lowest BCUT2D eigenvalue weighted by Crippen LogP contribution is -2.33. The van der Waals surface area contributed by atoms with Gasteiger partial charge in [0.05, 0.1) is 17.8 Å². The van der Waals surface area contributed by atoms with Crippen molar-refractivity contribution in [2.75, 3.05) is 11.9 Å². The van der Waals surface area contributed by atoms with E-state index in [1.807, 2.05) is 68.6 Å². The van der Waals surface area contributed by atoms with Crippen LogP contribution in [0.1, 0.15) is 52.3 Å². The normalized spacial score (nSPS) is 16.9. The molecule has 5 rings (SSSR count). The fourth-order valence-electron chi connectivity index (χ4n) is 5.16. The Morgan fingerprint density at radius 1 is 1.03 bits per heavy atom. The fraction of sp³-hybridized carbons (Fsp3) is 0.267. The molecule has 0 bridgehead atoms. The highest BCUT2D eigenvalue weighted by atomic mass is 32.1. The number of aryl methyl sites for hydroxylation is 3. The summed E-state index contributed by atoms with van der Waals surface area (Å²) in [4.78, 5) is 24.4. The van der Waals surface area contributed by atoms with E-state index in [2.05, 4.69) is 56.0 Å². The van der Waals surface area contributed by atoms with Crippen molar-refractivity contribution in [2.24, 2.45) is 0 Å². The lowest BCUT2D eigenvalue weighted by Gasteiger charge is -2.28. The minimum atomic E-state index is -0.150. The third-order valence-electron chi connectivity index (χ3n) is 7.11. The molecule has 1 amide bonds. The van der Waals surface area contributed by atoms with Crippen molar-refractivity contribution in [3.63, 3.8) is 0 Å². The number of amides is 1. The van der Waals surface area contributed by atoms with Crippen molar-refractivity contribution in [1.29, 1.82) is 0 Å². The predicted molar refractivity (Wildman–Crippen MR) is 154 cm³/mol. The van der Waals surface area contributed by atoms with Gasteiger partial charge in [0.25, 0.3) is 0 Å². The third-order valence-corrected chi connectivity index (χ3v) is 7.46. The van der Waals surface area contributed by atoms with E-state index in [0.29, 0.717) is 18.1 Å². The number of thiocarbonyl (C=S) groups is 1. The smallest absolute Gasteiger partial charge is 0.226 e. The van der Waals surface area contributed by atoms with E-state index in [9.17, 15) is 4.79 Å². The van der Waals surface area contributed by atoms with Crippen LogP contribution < -0.4 is 10.6 Å². The molecule has 1 saturated heterocycles. The number of pyridine rings is 2. The number of aromatic nitrogens is 3. The number of para-hydroxylation sites is 1. The molecule has 0 aliphatic carbocycles. The van der Waals surface area contributed by atoms with Gasteiger partial charge in [-0.3, -0.25) is 9.78 Å². The van der Waals surface area contributed by atoms with Crippen LogP contribution in [0.4, 0.5) is 5.69 Å². The van der Waals surface area contributed by atoms with Crippen molar-refractivity contribution >= 4 is 28.9 Å². The number of rotatable bonds is 7. The maximum atomic E-state index is 12.9. The zero-order chi connectivity index (χ0) is 26.8. The molecule has 1 fully saturated rings. The first-order chi connectivity index (χ1) is 18.3. The summed E-state index contributed by atoms with van der Waals surface area (Å²) >= 11 is 5.82. The average Bonchev–Trinajstić information content (AvgIpc) is 3.39. The summed E-state index contributed by atoms with van der Waals surface area (Å²) in [5.74, 6) is 0.834. The quantitative estimate of drug-likeness (QED) is 0.311. The van der Waals surface area contributed by atoms with Crippen LogP contribution in [0.3, 0.4) is 0 Å². The summed E-state index contributed by atoms with van der Waals surface area (Å²) in [6.45, 7) is 8.71. The van der Waals surface area contributed by atoms with Gasteiger partial charge >= 0.3 is 0 Å². The van der Waals surface area contributed by atoms with Crippen molar-refractivity contribution in [3.8, 4) is 5.82 Å². The summed E-state index contributed by atoms with van der Waals surface area (Å²) in [5.41, 5.74) is 7.19. The van der Waals surface area contributed by atoms with Crippen molar-refractivity contribution < 1.29 is 4.79 Å². The molecule has 7 nitrogen and oxygen atoms in total. The van der Waals surface area contributed by atoms with Crippen molar-refractivity contribution in [3.05, 3.63) is 107 Å². The van der Waals surface area contributed by atoms with Crippen LogP contribution >= 0.6 is 12.2 Å². The number of anilines is 1. The van der Waals surface area contributed by atoms with E-state index in [0.717, 1.165) is 45.3 Å². The molecule has 0 saturated carbocycles. The van der Waals surface area contributed by atoms with E-state index in [1.165, 1.54) is 0 Å². The van der Waals surface area contributed by atoms with Crippen molar-refractivity contribution in [1.82, 2.24) is 24.8 Å². The number of nitrogens with zero attached hydrogens (tertiary/aromatic N) is 4. The average molecular weight is 525 g/mol. The predicted octanol–water partition coefficient (Wildman–Crippen LogP) is 5.50. The lowest BCUT2D eigenvalue weighted by atomic mass is 9.96. The Labute approximate surface area is 228 Å². The van der Waals surface area contributed by atoms with Crippen LogP contribution in [0.15, 0.2) is 73.1 Å². The molecule has 2 atom stereocenters. The highest BCUT2D eigenvalue weighted by Gasteiger charge is 2.41. The highest BCUT2D eigenvalue weighted by Crippen LogP contribution is 2.41. The van der Waals surface area contributed by atoms with Crippen LogP contribution in [0, 0.1) is 27.7 Å². The molecule has 0 radical (unpaired) electrons. The molecule has 2 N–H and O–H groups in total. The summed E-state index contributed by atoms with van der Waals surface area (Å²) in [5, 5.41) is 7.15. The van der Waals surface area contributed by atoms with E-state index in [-0.39, 0.29) is 18.0 Å². The van der Waals surface area contributed by atoms with Crippen LogP contribution in [0.5, 0.6) is 0 Å². The van der Waals surface area contributed by atoms with E-state index in [1.54, 1.807) is 6.20 Å². The minimum absolute atomic E-state index is 0.0449. The standard InChI is InChI=1S/C30H32N6OS/c1-19-12-13-26(32-18-19)36-21(3)17-23(22(36)4)29-28(25-11-7-8-15-31-25)34-30(38)35(29)16-14-27(37)33-24-10-6-5-9-20(24)2/h5-13,15,17-18,28-29H,14,16H2,1-4H3,(H,33,37)(H,34,38)/t28-,29-/m0/s1. The van der Waals surface area contributed by atoms with Crippen LogP contribution in [-0.4, -0.2) is 37.0 Å². The first-order valence-electron chi connectivity index (χ1n) is 12.8. The largest absolute Gasteiger partial charge is 0.352 e. The molecule has 3 aromatic heterocycles. The second-order valence-electron chi connectivity index (χ2n) is 9.79. The van der Waals surface area contributed by atoms with Gasteiger partial charge in [-0.25, -0.2) is 4.98 Å². The van der Waals surface area contributed by atoms with Gasteiger partial charge in [-0.05, 0) is 86.9 Å². The molecule has 1 aromatic carbocycles. The highest BCUT2D eigenvalue weighted by molar-refractivity contribution is 7.80. The summed E-state index contributed by atoms with van der Waals surface area (Å²) < 4.78 is 2.18. The van der Waals surface area contributed by atoms with Gasteiger partial charge in [-0.15, -0.1) is 0 Å². The van der Waals surface area contributed by atoms with Gasteiger partial charge < -0.3 is 20.1 Å². The summed E-state index contributed by atoms with van der Waals surface area (Å²) in [6.07, 6.45) is 3.99. The number of benzene rings is 1. The minimum Gasteiger partial charge on any atom is -0.352 e. The maximum Gasteiger partial charge on any atom is 0.226 e. The molecule has 194 valence electrons. The van der Waals surface area contributed by atoms with Gasteiger partial charge in [0.1, 0.15) is 5.82 Å². The first kappa shape index (κ1) is 25.6. The summed E-state index contributed by atoms with van der Waals surface area (Å²) in [6, 6.07) is 19.7. The Balaban J connectivity index is 1.47. The molecule has 8 heteroatoms. The number of hydrogen-bond donors (Lipinski definition) is 2. The Bertz CT molecular complexity index is 1460. The molecular weight excluding hydrogens is 492 g/mol. The van der Waals surface area contributed by atoms with E-state index in [4.69, 9.17) is 12.2 Å². The van der Waals surface area contributed by atoms with Crippen LogP contribution in [0.2, 0.25) is 0 Å². The summed E-state index contributed by atoms with van der Waals surface area (Å²) in [7, 11) is 0. The first-order valence-corrected chi connectivity index (χ1v) is 13.2. The van der Waals surface area contributed by atoms with E-state index < -0.39 is 0 Å². The molecule has 0 spiro atoms. The van der Waals surface area contributed by atoms with Crippen molar-refractivity contribution in [2.45, 2.75) is 46.2 Å². The van der Waals surface area contributed by atoms with Crippen LogP contribution in [0.25, 0.3) is 5.82 Å². The Morgan fingerprint density at radius 2 is 1.82 bits per heavy atom. The second kappa shape index (κ2) is 10.8. The fourth-order valence-corrected chi connectivity index (χ4v) is 5.50. The molecule has 38 heavy (non-hydrogen) atoms. The number of nitrogens with one attached hydrogen (secondary N) is 2. The molecular formula is C30H32N6OS. The Hall–Kier alpha value is -4.04. The number of carbonyl (C=O) groups excluding carboxylic acids is 1. The van der Waals surface area contributed by atoms with Gasteiger partial charge in [-0.1, -0.05) is 30.3 Å². The van der Waals surface area contributed by atoms with Gasteiger partial charge in [0.15, 0.2) is 5.11 Å². The molecule has 0 unspecified atom stereocenters. The third kappa shape index (κ3) is 5.04. The topological polar surface area (TPSA) is 75.1 Å². The molecule has 1 aliphatic heterocycles. The number of carbonyl (C=O) groups is 1. The van der Waals surface area contributed by atoms with Gasteiger partial charge in [0, 0.05) is 42.4 Å². The second-order valence-corrected chi connectivity index (χ2v) is 10.2. The number of hydrogen-bond acceptors (Lipinski definition) is 4. The zero-order valence-corrected chi connectivity index (χ0v) is 22.9. The SMILES string of the molecule is Cc1ccc(-n2c(C)cc([C@H]3[C@H](c4ccccn4)NC(=S)N3CCC(=O)Nc3ccccc3C)c2C)nc1. The lowest BCUT2D eigenvalue weighted by molar-refractivity contribution is -0.116. The zero-order valence-electron chi connectivity index (χ0n) is 22.1. The van der Waals surface area contributed by atoms with Gasteiger partial charge in [0.2, 0.25) is 5.91 Å². The molecule has 4 heterocycles. The Kier molecular flexibility index (Phi) is 7.24. The monoisotopic (exact) mass is 524 g/mol. The van der Waals surface area contributed by atoms with Gasteiger partial charge in [-0.2, -0.15) is 0 Å². The maximum absolute atomic E-state index is 12.9. The van der Waals surface area contributed by atoms with E-state index >= 15 is 0 Å². The van der Waals surface area contributed by atoms with Crippen LogP contribution in [-0.2, 0) is 4.79 Å².